The fourth-order valence-electron chi connectivity index (χ4n) is 2.36. The normalized spacial score (nSPS) is 22.8. The minimum Gasteiger partial charge on any atom is -0.392 e. The van der Waals surface area contributed by atoms with Crippen LogP contribution in [0.3, 0.4) is 0 Å². The van der Waals surface area contributed by atoms with Gasteiger partial charge in [0.15, 0.2) is 0 Å². The summed E-state index contributed by atoms with van der Waals surface area (Å²) in [5.41, 5.74) is 5.52. The Labute approximate surface area is 97.6 Å². The summed E-state index contributed by atoms with van der Waals surface area (Å²) in [6.07, 6.45) is 4.57. The number of nitrogens with two attached hydrogens (primary N) is 1. The maximum absolute atomic E-state index is 12.1. The zero-order valence-electron chi connectivity index (χ0n) is 10.3. The van der Waals surface area contributed by atoms with Gasteiger partial charge in [0.1, 0.15) is 0 Å². The third-order valence-electron chi connectivity index (χ3n) is 3.84. The van der Waals surface area contributed by atoms with Gasteiger partial charge in [-0.2, -0.15) is 0 Å². The second-order valence-corrected chi connectivity index (χ2v) is 4.96. The van der Waals surface area contributed by atoms with Crippen LogP contribution in [0.15, 0.2) is 0 Å². The molecular formula is C12H24N2O2. The minimum atomic E-state index is -0.582. The maximum atomic E-state index is 12.1. The smallest absolute Gasteiger partial charge is 0.226 e. The van der Waals surface area contributed by atoms with Gasteiger partial charge in [0, 0.05) is 18.0 Å². The molecule has 16 heavy (non-hydrogen) atoms. The third kappa shape index (κ3) is 2.95. The average Bonchev–Trinajstić information content (AvgIpc) is 2.74. The van der Waals surface area contributed by atoms with E-state index in [1.165, 1.54) is 0 Å². The number of carbonyl (C=O) groups excluding carboxylic acids is 1. The molecule has 0 aromatic carbocycles. The van der Waals surface area contributed by atoms with Crippen molar-refractivity contribution in [1.82, 2.24) is 5.32 Å². The molecule has 0 spiro atoms. The monoisotopic (exact) mass is 228 g/mol. The van der Waals surface area contributed by atoms with Crippen molar-refractivity contribution in [2.24, 2.45) is 11.1 Å². The fourth-order valence-corrected chi connectivity index (χ4v) is 2.36. The highest BCUT2D eigenvalue weighted by Crippen LogP contribution is 2.40. The van der Waals surface area contributed by atoms with E-state index in [0.29, 0.717) is 6.54 Å². The first-order valence-electron chi connectivity index (χ1n) is 6.24. The Morgan fingerprint density at radius 1 is 1.50 bits per heavy atom. The van der Waals surface area contributed by atoms with Crippen LogP contribution in [-0.2, 0) is 4.79 Å². The van der Waals surface area contributed by atoms with Gasteiger partial charge in [0.2, 0.25) is 5.91 Å². The van der Waals surface area contributed by atoms with Crippen molar-refractivity contribution in [3.63, 3.8) is 0 Å². The van der Waals surface area contributed by atoms with Crippen molar-refractivity contribution in [3.05, 3.63) is 0 Å². The van der Waals surface area contributed by atoms with E-state index in [9.17, 15) is 9.90 Å². The summed E-state index contributed by atoms with van der Waals surface area (Å²) in [4.78, 5) is 12.1. The van der Waals surface area contributed by atoms with Crippen LogP contribution in [0, 0.1) is 5.41 Å². The van der Waals surface area contributed by atoms with Gasteiger partial charge in [-0.15, -0.1) is 0 Å². The van der Waals surface area contributed by atoms with Gasteiger partial charge in [-0.3, -0.25) is 4.79 Å². The summed E-state index contributed by atoms with van der Waals surface area (Å²) in [7, 11) is 0. The summed E-state index contributed by atoms with van der Waals surface area (Å²) in [5.74, 6) is 0.114. The van der Waals surface area contributed by atoms with Gasteiger partial charge >= 0.3 is 0 Å². The Kier molecular flexibility index (Phi) is 4.74. The van der Waals surface area contributed by atoms with E-state index in [0.717, 1.165) is 32.1 Å². The molecule has 0 aromatic rings. The quantitative estimate of drug-likeness (QED) is 0.651. The van der Waals surface area contributed by atoms with Crippen LogP contribution in [0.4, 0.5) is 0 Å². The van der Waals surface area contributed by atoms with Gasteiger partial charge in [-0.1, -0.05) is 19.8 Å². The van der Waals surface area contributed by atoms with Crippen LogP contribution in [0.5, 0.6) is 0 Å². The number of amides is 1. The molecule has 1 aliphatic carbocycles. The number of rotatable bonds is 5. The van der Waals surface area contributed by atoms with E-state index >= 15 is 0 Å². The zero-order valence-corrected chi connectivity index (χ0v) is 10.3. The highest BCUT2D eigenvalue weighted by atomic mass is 16.3. The van der Waals surface area contributed by atoms with E-state index in [1.54, 1.807) is 6.92 Å². The predicted octanol–water partition coefficient (Wildman–Crippen LogP) is 0.781. The van der Waals surface area contributed by atoms with Crippen LogP contribution in [0.2, 0.25) is 0 Å². The molecule has 0 aromatic heterocycles. The highest BCUT2D eigenvalue weighted by Gasteiger charge is 2.39. The van der Waals surface area contributed by atoms with Crippen molar-refractivity contribution in [2.45, 2.75) is 58.1 Å². The van der Waals surface area contributed by atoms with Gasteiger partial charge in [-0.25, -0.2) is 0 Å². The van der Waals surface area contributed by atoms with Crippen LogP contribution in [0.1, 0.15) is 46.0 Å². The number of aliphatic hydroxyl groups is 1. The van der Waals surface area contributed by atoms with Crippen molar-refractivity contribution < 1.29 is 9.90 Å². The summed E-state index contributed by atoms with van der Waals surface area (Å²) >= 11 is 0. The lowest BCUT2D eigenvalue weighted by atomic mass is 9.82. The molecule has 4 heteroatoms. The first-order valence-corrected chi connectivity index (χ1v) is 6.24. The Hall–Kier alpha value is -0.610. The SMILES string of the molecule is CCC1(C(=O)NCC(N)C(C)O)CCCC1. The second-order valence-electron chi connectivity index (χ2n) is 4.96. The Bertz CT molecular complexity index is 235. The molecule has 0 saturated heterocycles. The molecule has 1 amide bonds. The molecule has 1 fully saturated rings. The molecule has 0 radical (unpaired) electrons. The lowest BCUT2D eigenvalue weighted by molar-refractivity contribution is -0.131. The maximum Gasteiger partial charge on any atom is 0.226 e. The van der Waals surface area contributed by atoms with Gasteiger partial charge in [-0.05, 0) is 26.2 Å². The van der Waals surface area contributed by atoms with Crippen molar-refractivity contribution in [1.29, 1.82) is 0 Å². The van der Waals surface area contributed by atoms with Crippen LogP contribution < -0.4 is 11.1 Å². The fraction of sp³-hybridized carbons (Fsp3) is 0.917. The molecule has 4 N–H and O–H groups in total. The van der Waals surface area contributed by atoms with Gasteiger partial charge in [0.25, 0.3) is 0 Å². The van der Waals surface area contributed by atoms with Crippen molar-refractivity contribution in [3.8, 4) is 0 Å². The predicted molar refractivity (Wildman–Crippen MR) is 63.9 cm³/mol. The van der Waals surface area contributed by atoms with E-state index in [4.69, 9.17) is 5.73 Å². The van der Waals surface area contributed by atoms with Crippen LogP contribution >= 0.6 is 0 Å². The largest absolute Gasteiger partial charge is 0.392 e. The van der Waals surface area contributed by atoms with Gasteiger partial charge in [0.05, 0.1) is 6.10 Å². The topological polar surface area (TPSA) is 75.4 Å². The van der Waals surface area contributed by atoms with E-state index in [-0.39, 0.29) is 17.4 Å². The molecule has 0 aliphatic heterocycles. The molecule has 0 heterocycles. The van der Waals surface area contributed by atoms with E-state index in [2.05, 4.69) is 12.2 Å². The summed E-state index contributed by atoms with van der Waals surface area (Å²) in [5, 5.41) is 12.1. The van der Waals surface area contributed by atoms with E-state index in [1.807, 2.05) is 0 Å². The number of nitrogens with one attached hydrogen (secondary N) is 1. The van der Waals surface area contributed by atoms with Crippen molar-refractivity contribution in [2.75, 3.05) is 6.54 Å². The minimum absolute atomic E-state index is 0.114. The highest BCUT2D eigenvalue weighted by molar-refractivity contribution is 5.82. The average molecular weight is 228 g/mol. The number of aliphatic hydroxyl groups excluding tert-OH is 1. The Morgan fingerprint density at radius 3 is 2.50 bits per heavy atom. The lowest BCUT2D eigenvalue weighted by Gasteiger charge is -2.27. The van der Waals surface area contributed by atoms with Gasteiger partial charge < -0.3 is 16.2 Å². The lowest BCUT2D eigenvalue weighted by Crippen LogP contribution is -2.47. The first kappa shape index (κ1) is 13.5. The Morgan fingerprint density at radius 2 is 2.06 bits per heavy atom. The molecule has 2 atom stereocenters. The zero-order chi connectivity index (χ0) is 12.2. The summed E-state index contributed by atoms with van der Waals surface area (Å²) in [6, 6.07) is -0.376. The standard InChI is InChI=1S/C12H24N2O2/c1-3-12(6-4-5-7-12)11(16)14-8-10(13)9(2)15/h9-10,15H,3-8,13H2,1-2H3,(H,14,16). The molecule has 1 rings (SSSR count). The molecule has 1 saturated carbocycles. The number of carbonyl (C=O) groups is 1. The Balaban J connectivity index is 2.45. The van der Waals surface area contributed by atoms with Crippen LogP contribution in [-0.4, -0.2) is 29.7 Å². The molecule has 4 nitrogen and oxygen atoms in total. The molecule has 2 unspecified atom stereocenters. The molecule has 0 bridgehead atoms. The van der Waals surface area contributed by atoms with E-state index < -0.39 is 6.10 Å². The van der Waals surface area contributed by atoms with Crippen molar-refractivity contribution >= 4 is 5.91 Å². The first-order chi connectivity index (χ1) is 7.52. The number of hydrogen-bond acceptors (Lipinski definition) is 3. The third-order valence-corrected chi connectivity index (χ3v) is 3.84. The second kappa shape index (κ2) is 5.64. The van der Waals surface area contributed by atoms with Crippen LogP contribution in [0.25, 0.3) is 0 Å². The number of hydrogen-bond donors (Lipinski definition) is 3. The summed E-state index contributed by atoms with van der Waals surface area (Å²) in [6.45, 7) is 4.07. The molecular weight excluding hydrogens is 204 g/mol. The molecule has 1 aliphatic rings. The molecule has 94 valence electrons. The summed E-state index contributed by atoms with van der Waals surface area (Å²) < 4.78 is 0.